The molecule has 0 amide bonds. The largest absolute Gasteiger partial charge is 0.693 e. The van der Waals surface area contributed by atoms with Crippen LogP contribution in [0.5, 0.6) is 0 Å². The summed E-state index contributed by atoms with van der Waals surface area (Å²) in [5.41, 5.74) is 0. The van der Waals surface area contributed by atoms with Gasteiger partial charge in [-0.05, 0) is 0 Å². The van der Waals surface area contributed by atoms with Crippen LogP contribution < -0.4 is 0 Å². The SMILES string of the molecule is [CH2-]C.[CH2-]C.[CH2-]C.[CH2-]C.[CH3-].[NH2-].[V]. The monoisotopic (exact) mass is 198 g/mol. The minimum atomic E-state index is 0. The third-order valence-electron chi connectivity index (χ3n) is 0. The molecule has 1 nitrogen and oxygen atoms in total. The molecule has 0 unspecified atom stereocenters. The van der Waals surface area contributed by atoms with Crippen LogP contribution in [-0.2, 0) is 18.6 Å². The molecule has 0 atom stereocenters. The third kappa shape index (κ3) is 2600. The molecule has 2 N–H and O–H groups in total. The van der Waals surface area contributed by atoms with Crippen LogP contribution >= 0.6 is 0 Å². The zero-order valence-corrected chi connectivity index (χ0v) is 10.2. The number of rotatable bonds is 0. The van der Waals surface area contributed by atoms with Gasteiger partial charge in [-0.3, -0.25) is 0 Å². The smallest absolute Gasteiger partial charge is 0 e. The van der Waals surface area contributed by atoms with Crippen molar-refractivity contribution in [3.8, 4) is 0 Å². The molecule has 0 saturated carbocycles. The maximum absolute atomic E-state index is 3.25. The van der Waals surface area contributed by atoms with E-state index in [0.717, 1.165) is 0 Å². The van der Waals surface area contributed by atoms with Crippen molar-refractivity contribution in [2.75, 3.05) is 0 Å². The Morgan fingerprint density at radius 1 is 0.545 bits per heavy atom. The molecule has 0 spiro atoms. The van der Waals surface area contributed by atoms with Gasteiger partial charge in [0.15, 0.2) is 0 Å². The first-order valence-corrected chi connectivity index (χ1v) is 2.83. The van der Waals surface area contributed by atoms with E-state index in [2.05, 4.69) is 27.7 Å². The molecule has 77 valence electrons. The Morgan fingerprint density at radius 2 is 0.545 bits per heavy atom. The minimum Gasteiger partial charge on any atom is -0.693 e. The van der Waals surface area contributed by atoms with E-state index in [1.165, 1.54) is 0 Å². The van der Waals surface area contributed by atoms with E-state index in [1.54, 1.807) is 27.7 Å². The van der Waals surface area contributed by atoms with E-state index < -0.39 is 0 Å². The van der Waals surface area contributed by atoms with Crippen LogP contribution in [-0.4, -0.2) is 0 Å². The zero-order chi connectivity index (χ0) is 8.00. The second kappa shape index (κ2) is 3240. The minimum absolute atomic E-state index is 0. The van der Waals surface area contributed by atoms with Crippen molar-refractivity contribution < 1.29 is 18.6 Å². The van der Waals surface area contributed by atoms with Gasteiger partial charge in [0, 0.05) is 18.6 Å². The summed E-state index contributed by atoms with van der Waals surface area (Å²) in [6, 6.07) is 0. The Kier molecular flexibility index (Phi) is 18300. The predicted molar refractivity (Wildman–Crippen MR) is 55.8 cm³/mol. The number of hydrogen-bond donors (Lipinski definition) is 0. The van der Waals surface area contributed by atoms with Gasteiger partial charge in [-0.15, -0.1) is 0 Å². The van der Waals surface area contributed by atoms with Crippen LogP contribution in [0.3, 0.4) is 0 Å². The quantitative estimate of drug-likeness (QED) is 0.512. The van der Waals surface area contributed by atoms with E-state index in [9.17, 15) is 0 Å². The topological polar surface area (TPSA) is 33.5 Å². The van der Waals surface area contributed by atoms with E-state index in [-0.39, 0.29) is 32.1 Å². The average molecular weight is 198 g/mol. The van der Waals surface area contributed by atoms with Crippen molar-refractivity contribution in [3.63, 3.8) is 0 Å². The predicted octanol–water partition coefficient (Wildman–Crippen LogP) is 4.53. The molecule has 11 heavy (non-hydrogen) atoms. The van der Waals surface area contributed by atoms with Crippen LogP contribution in [0.4, 0.5) is 0 Å². The molecular weight excluding hydrogens is 173 g/mol. The first-order chi connectivity index (χ1) is 4.00. The van der Waals surface area contributed by atoms with Crippen molar-refractivity contribution in [1.82, 2.24) is 0 Å². The molecule has 0 aromatic rings. The average Bonchev–Trinajstić information content (AvgIpc) is 2.03. The zero-order valence-electron chi connectivity index (χ0n) is 8.85. The number of nitrogens with two attached hydrogens (primary N) is 1. The molecule has 0 aliphatic carbocycles. The normalized spacial score (nSPS) is 2.18. The summed E-state index contributed by atoms with van der Waals surface area (Å²) in [4.78, 5) is 0. The van der Waals surface area contributed by atoms with Crippen molar-refractivity contribution >= 4 is 0 Å². The summed E-state index contributed by atoms with van der Waals surface area (Å²) in [5, 5.41) is 0. The van der Waals surface area contributed by atoms with Gasteiger partial charge in [0.1, 0.15) is 0 Å². The maximum atomic E-state index is 3.25. The van der Waals surface area contributed by atoms with Gasteiger partial charge in [-0.25, -0.2) is 0 Å². The third-order valence-corrected chi connectivity index (χ3v) is 0. The Bertz CT molecular complexity index is 9.52. The van der Waals surface area contributed by atoms with Gasteiger partial charge >= 0.3 is 0 Å². The van der Waals surface area contributed by atoms with Gasteiger partial charge in [0.2, 0.25) is 0 Å². The summed E-state index contributed by atoms with van der Waals surface area (Å²) in [5.74, 6) is 0. The maximum Gasteiger partial charge on any atom is 0 e. The molecule has 0 fully saturated rings. The fourth-order valence-corrected chi connectivity index (χ4v) is 0. The molecule has 0 aliphatic heterocycles. The van der Waals surface area contributed by atoms with Gasteiger partial charge in [0.25, 0.3) is 0 Å². The van der Waals surface area contributed by atoms with Gasteiger partial charge in [-0.2, -0.15) is 27.7 Å². The van der Waals surface area contributed by atoms with E-state index in [1.807, 2.05) is 0 Å². The van der Waals surface area contributed by atoms with Gasteiger partial charge in [0.05, 0.1) is 0 Å². The first kappa shape index (κ1) is 62.2. The summed E-state index contributed by atoms with van der Waals surface area (Å²) in [6.45, 7) is 20.0. The van der Waals surface area contributed by atoms with Crippen LogP contribution in [0, 0.1) is 35.1 Å². The van der Waals surface area contributed by atoms with Crippen LogP contribution in [0.15, 0.2) is 0 Å². The molecule has 1 radical (unpaired) electrons. The van der Waals surface area contributed by atoms with Crippen molar-refractivity contribution in [3.05, 3.63) is 41.3 Å². The van der Waals surface area contributed by atoms with Crippen LogP contribution in [0.1, 0.15) is 27.7 Å². The van der Waals surface area contributed by atoms with Crippen LogP contribution in [0.2, 0.25) is 0 Å². The molecule has 0 aromatic heterocycles. The van der Waals surface area contributed by atoms with E-state index in [4.69, 9.17) is 0 Å². The molecule has 0 saturated heterocycles. The molecule has 0 bridgehead atoms. The molecule has 0 aromatic carbocycles. The van der Waals surface area contributed by atoms with Crippen molar-refractivity contribution in [1.29, 1.82) is 0 Å². The van der Waals surface area contributed by atoms with E-state index in [0.29, 0.717) is 0 Å². The Morgan fingerprint density at radius 3 is 0.545 bits per heavy atom. The molecule has 0 heterocycles. The Balaban J connectivity index is -0.00000000356. The summed E-state index contributed by atoms with van der Waals surface area (Å²) in [7, 11) is 0. The number of hydrogen-bond acceptors (Lipinski definition) is 0. The molecular formula is C9H25NV-6. The fraction of sp³-hybridized carbons (Fsp3) is 0.444. The fourth-order valence-electron chi connectivity index (χ4n) is 0. The summed E-state index contributed by atoms with van der Waals surface area (Å²) < 4.78 is 0. The summed E-state index contributed by atoms with van der Waals surface area (Å²) in [6.07, 6.45) is 0. The van der Waals surface area contributed by atoms with Gasteiger partial charge < -0.3 is 41.3 Å². The van der Waals surface area contributed by atoms with Crippen LogP contribution in [0.25, 0.3) is 6.15 Å². The van der Waals surface area contributed by atoms with E-state index >= 15 is 0 Å². The second-order valence-corrected chi connectivity index (χ2v) is 0. The molecule has 0 aliphatic rings. The molecule has 0 rings (SSSR count). The van der Waals surface area contributed by atoms with Gasteiger partial charge in [-0.1, -0.05) is 0 Å². The second-order valence-electron chi connectivity index (χ2n) is 0. The molecule has 2 heteroatoms. The first-order valence-electron chi connectivity index (χ1n) is 2.83. The van der Waals surface area contributed by atoms with Crippen molar-refractivity contribution in [2.24, 2.45) is 0 Å². The van der Waals surface area contributed by atoms with Crippen molar-refractivity contribution in [2.45, 2.75) is 27.7 Å². The standard InChI is InChI=1S/4C2H5.CH3.H2N.V/c4*1-2;;;/h4*1H2,2H3;1H3;1H2;/q6*-1;. The summed E-state index contributed by atoms with van der Waals surface area (Å²) >= 11 is 0. The Hall–Kier alpha value is 0.544. The Labute approximate surface area is 87.8 Å².